The molecular formula is C12H22N2O2. The van der Waals surface area contributed by atoms with Crippen LogP contribution in [0.4, 0.5) is 0 Å². The van der Waals surface area contributed by atoms with Gasteiger partial charge in [-0.1, -0.05) is 0 Å². The molecule has 2 rings (SSSR count). The number of carbonyl (C=O) groups is 1. The van der Waals surface area contributed by atoms with Gasteiger partial charge < -0.3 is 15.0 Å². The zero-order valence-electron chi connectivity index (χ0n) is 10.1. The van der Waals surface area contributed by atoms with Gasteiger partial charge in [-0.2, -0.15) is 0 Å². The van der Waals surface area contributed by atoms with Gasteiger partial charge >= 0.3 is 0 Å². The van der Waals surface area contributed by atoms with Crippen LogP contribution in [0.5, 0.6) is 0 Å². The molecule has 2 fully saturated rings. The number of hydrogen-bond donors (Lipinski definition) is 1. The third-order valence-electron chi connectivity index (χ3n) is 3.57. The summed E-state index contributed by atoms with van der Waals surface area (Å²) in [5, 5.41) is 3.25. The molecule has 0 radical (unpaired) electrons. The molecule has 4 nitrogen and oxygen atoms in total. The molecule has 16 heavy (non-hydrogen) atoms. The summed E-state index contributed by atoms with van der Waals surface area (Å²) in [5.41, 5.74) is 0. The van der Waals surface area contributed by atoms with E-state index in [1.165, 1.54) is 0 Å². The maximum Gasteiger partial charge on any atom is 0.227 e. The molecule has 0 spiro atoms. The summed E-state index contributed by atoms with van der Waals surface area (Å²) in [6.07, 6.45) is 3.37. The van der Waals surface area contributed by atoms with Crippen LogP contribution in [0, 0.1) is 5.92 Å². The normalized spacial score (nSPS) is 27.3. The molecule has 4 heteroatoms. The largest absolute Gasteiger partial charge is 0.378 e. The van der Waals surface area contributed by atoms with Gasteiger partial charge in [0.25, 0.3) is 0 Å². The van der Waals surface area contributed by atoms with Crippen molar-refractivity contribution in [3.8, 4) is 0 Å². The number of likely N-dealkylation sites (tertiary alicyclic amines) is 1. The van der Waals surface area contributed by atoms with Crippen LogP contribution in [0.15, 0.2) is 0 Å². The highest BCUT2D eigenvalue weighted by Gasteiger charge is 2.29. The molecular weight excluding hydrogens is 204 g/mol. The van der Waals surface area contributed by atoms with Gasteiger partial charge in [0.05, 0.1) is 12.0 Å². The smallest absolute Gasteiger partial charge is 0.227 e. The van der Waals surface area contributed by atoms with Gasteiger partial charge in [-0.05, 0) is 32.7 Å². The molecule has 0 aliphatic carbocycles. The van der Waals surface area contributed by atoms with Gasteiger partial charge in [0.2, 0.25) is 5.91 Å². The van der Waals surface area contributed by atoms with Crippen molar-refractivity contribution in [3.05, 3.63) is 0 Å². The first-order valence-electron chi connectivity index (χ1n) is 6.42. The number of ether oxygens (including phenoxy) is 1. The zero-order chi connectivity index (χ0) is 11.4. The topological polar surface area (TPSA) is 41.6 Å². The summed E-state index contributed by atoms with van der Waals surface area (Å²) in [6, 6.07) is 0. The Hall–Kier alpha value is -0.610. The fraction of sp³-hybridized carbons (Fsp3) is 0.917. The highest BCUT2D eigenvalue weighted by atomic mass is 16.5. The average molecular weight is 226 g/mol. The van der Waals surface area contributed by atoms with Crippen molar-refractivity contribution < 1.29 is 9.53 Å². The van der Waals surface area contributed by atoms with Crippen LogP contribution < -0.4 is 5.32 Å². The SMILES string of the molecule is CCOC1CCN(C(=O)[C@@H]2CCNC2)CC1. The van der Waals surface area contributed by atoms with Gasteiger partial charge in [0.15, 0.2) is 0 Å². The van der Waals surface area contributed by atoms with E-state index < -0.39 is 0 Å². The Labute approximate surface area is 97.3 Å². The van der Waals surface area contributed by atoms with Crippen molar-refractivity contribution in [3.63, 3.8) is 0 Å². The molecule has 2 heterocycles. The number of amides is 1. The minimum atomic E-state index is 0.226. The van der Waals surface area contributed by atoms with E-state index in [1.54, 1.807) is 0 Å². The van der Waals surface area contributed by atoms with Gasteiger partial charge in [-0.25, -0.2) is 0 Å². The second-order valence-corrected chi connectivity index (χ2v) is 4.67. The third kappa shape index (κ3) is 2.74. The van der Waals surface area contributed by atoms with Crippen molar-refractivity contribution in [2.45, 2.75) is 32.3 Å². The van der Waals surface area contributed by atoms with E-state index >= 15 is 0 Å². The molecule has 0 saturated carbocycles. The molecule has 1 amide bonds. The molecule has 0 aromatic heterocycles. The number of piperidine rings is 1. The molecule has 2 saturated heterocycles. The van der Waals surface area contributed by atoms with Gasteiger partial charge in [0, 0.05) is 26.2 Å². The standard InChI is InChI=1S/C12H22N2O2/c1-2-16-11-4-7-14(8-5-11)12(15)10-3-6-13-9-10/h10-11,13H,2-9H2,1H3/t10-/m1/s1. The van der Waals surface area contributed by atoms with Crippen LogP contribution in [0.25, 0.3) is 0 Å². The van der Waals surface area contributed by atoms with Gasteiger partial charge in [-0.15, -0.1) is 0 Å². The summed E-state index contributed by atoms with van der Waals surface area (Å²) in [4.78, 5) is 14.1. The number of nitrogens with one attached hydrogen (secondary N) is 1. The van der Waals surface area contributed by atoms with Crippen LogP contribution in [0.3, 0.4) is 0 Å². The minimum absolute atomic E-state index is 0.226. The van der Waals surface area contributed by atoms with E-state index in [-0.39, 0.29) is 5.92 Å². The van der Waals surface area contributed by atoms with E-state index in [4.69, 9.17) is 4.74 Å². The number of carbonyl (C=O) groups excluding carboxylic acids is 1. The van der Waals surface area contributed by atoms with Crippen LogP contribution in [-0.4, -0.2) is 49.7 Å². The maximum atomic E-state index is 12.1. The fourth-order valence-corrected chi connectivity index (χ4v) is 2.60. The number of rotatable bonds is 3. The summed E-state index contributed by atoms with van der Waals surface area (Å²) in [5.74, 6) is 0.573. The number of nitrogens with zero attached hydrogens (tertiary/aromatic N) is 1. The van der Waals surface area contributed by atoms with Crippen LogP contribution in [0.2, 0.25) is 0 Å². The molecule has 0 unspecified atom stereocenters. The number of hydrogen-bond acceptors (Lipinski definition) is 3. The minimum Gasteiger partial charge on any atom is -0.378 e. The average Bonchev–Trinajstić information content (AvgIpc) is 2.83. The first-order valence-corrected chi connectivity index (χ1v) is 6.42. The zero-order valence-corrected chi connectivity index (χ0v) is 10.1. The summed E-state index contributed by atoms with van der Waals surface area (Å²) >= 11 is 0. The van der Waals surface area contributed by atoms with Crippen LogP contribution in [-0.2, 0) is 9.53 Å². The molecule has 2 aliphatic heterocycles. The van der Waals surface area contributed by atoms with Crippen LogP contribution in [0.1, 0.15) is 26.2 Å². The Morgan fingerprint density at radius 1 is 1.38 bits per heavy atom. The monoisotopic (exact) mass is 226 g/mol. The lowest BCUT2D eigenvalue weighted by Gasteiger charge is -2.33. The van der Waals surface area contributed by atoms with Crippen molar-refractivity contribution in [2.24, 2.45) is 5.92 Å². The lowest BCUT2D eigenvalue weighted by Crippen LogP contribution is -2.44. The van der Waals surface area contributed by atoms with Crippen LogP contribution >= 0.6 is 0 Å². The van der Waals surface area contributed by atoms with E-state index in [9.17, 15) is 4.79 Å². The quantitative estimate of drug-likeness (QED) is 0.767. The van der Waals surface area contributed by atoms with Gasteiger partial charge in [-0.3, -0.25) is 4.79 Å². The first kappa shape index (κ1) is 11.9. The van der Waals surface area contributed by atoms with Gasteiger partial charge in [0.1, 0.15) is 0 Å². The third-order valence-corrected chi connectivity index (χ3v) is 3.57. The lowest BCUT2D eigenvalue weighted by atomic mass is 10.0. The maximum absolute atomic E-state index is 12.1. The van der Waals surface area contributed by atoms with E-state index in [0.717, 1.165) is 52.0 Å². The van der Waals surface area contributed by atoms with Crippen molar-refractivity contribution in [1.82, 2.24) is 10.2 Å². The highest BCUT2D eigenvalue weighted by Crippen LogP contribution is 2.18. The Morgan fingerprint density at radius 3 is 2.69 bits per heavy atom. The Kier molecular flexibility index (Phi) is 4.18. The van der Waals surface area contributed by atoms with Crippen molar-refractivity contribution in [1.29, 1.82) is 0 Å². The predicted molar refractivity (Wildman–Crippen MR) is 62.2 cm³/mol. The first-order chi connectivity index (χ1) is 7.81. The molecule has 0 aromatic carbocycles. The Bertz CT molecular complexity index is 231. The summed E-state index contributed by atoms with van der Waals surface area (Å²) in [7, 11) is 0. The second kappa shape index (κ2) is 5.64. The lowest BCUT2D eigenvalue weighted by molar-refractivity contribution is -0.137. The Balaban J connectivity index is 1.77. The second-order valence-electron chi connectivity index (χ2n) is 4.67. The molecule has 1 N–H and O–H groups in total. The summed E-state index contributed by atoms with van der Waals surface area (Å²) in [6.45, 7) is 6.42. The van der Waals surface area contributed by atoms with E-state index in [1.807, 2.05) is 11.8 Å². The van der Waals surface area contributed by atoms with Crippen molar-refractivity contribution in [2.75, 3.05) is 32.8 Å². The molecule has 0 aromatic rings. The molecule has 1 atom stereocenters. The predicted octanol–water partition coefficient (Wildman–Crippen LogP) is 0.623. The molecule has 0 bridgehead atoms. The molecule has 92 valence electrons. The highest BCUT2D eigenvalue weighted by molar-refractivity contribution is 5.79. The van der Waals surface area contributed by atoms with E-state index in [2.05, 4.69) is 5.32 Å². The fourth-order valence-electron chi connectivity index (χ4n) is 2.60. The molecule has 2 aliphatic rings. The van der Waals surface area contributed by atoms with E-state index in [0.29, 0.717) is 12.0 Å². The Morgan fingerprint density at radius 2 is 2.12 bits per heavy atom. The summed E-state index contributed by atoms with van der Waals surface area (Å²) < 4.78 is 5.59. The van der Waals surface area contributed by atoms with Crippen molar-refractivity contribution >= 4 is 5.91 Å².